The molecule has 0 amide bonds. The molecule has 0 aromatic heterocycles. The Hall–Kier alpha value is -2.27. The molecule has 3 rings (SSSR count). The first kappa shape index (κ1) is 32.2. The molecule has 222 valence electrons. The van der Waals surface area contributed by atoms with E-state index in [4.69, 9.17) is 4.74 Å². The summed E-state index contributed by atoms with van der Waals surface area (Å²) in [5, 5.41) is 10.3. The molecule has 5 heteroatoms. The minimum atomic E-state index is -0.690. The summed E-state index contributed by atoms with van der Waals surface area (Å²) in [4.78, 5) is 0. The van der Waals surface area contributed by atoms with Crippen molar-refractivity contribution in [2.75, 3.05) is 6.61 Å². The lowest BCUT2D eigenvalue weighted by Crippen LogP contribution is -2.25. The van der Waals surface area contributed by atoms with Crippen LogP contribution in [0.2, 0.25) is 0 Å². The highest BCUT2D eigenvalue weighted by atomic mass is 19.2. The third-order valence-electron chi connectivity index (χ3n) is 8.98. The average Bonchev–Trinajstić information content (AvgIpc) is 2.95. The van der Waals surface area contributed by atoms with E-state index in [2.05, 4.69) is 20.1 Å². The van der Waals surface area contributed by atoms with Gasteiger partial charge in [-0.2, -0.15) is 0 Å². The fourth-order valence-electron chi connectivity index (χ4n) is 6.55. The van der Waals surface area contributed by atoms with Gasteiger partial charge in [0.15, 0.2) is 11.6 Å². The Labute approximate surface area is 240 Å². The Morgan fingerprint density at radius 1 is 1.02 bits per heavy atom. The van der Waals surface area contributed by atoms with Crippen LogP contribution in [0.1, 0.15) is 107 Å². The molecule has 0 aliphatic heterocycles. The molecular weight excluding hydrogens is 509 g/mol. The van der Waals surface area contributed by atoms with Crippen molar-refractivity contribution in [3.63, 3.8) is 0 Å². The maximum Gasteiger partial charge on any atom is 0.162 e. The summed E-state index contributed by atoms with van der Waals surface area (Å²) >= 11 is 0. The van der Waals surface area contributed by atoms with Crippen LogP contribution in [0.4, 0.5) is 13.2 Å². The van der Waals surface area contributed by atoms with Crippen LogP contribution >= 0.6 is 0 Å². The first-order valence-corrected chi connectivity index (χ1v) is 15.4. The Kier molecular flexibility index (Phi) is 13.6. The van der Waals surface area contributed by atoms with Gasteiger partial charge in [-0.1, -0.05) is 57.0 Å². The summed E-state index contributed by atoms with van der Waals surface area (Å²) in [6.45, 7) is 9.86. The van der Waals surface area contributed by atoms with Crippen molar-refractivity contribution in [1.82, 2.24) is 0 Å². The fourth-order valence-corrected chi connectivity index (χ4v) is 6.55. The molecule has 0 radical (unpaired) electrons. The molecule has 40 heavy (non-hydrogen) atoms. The number of hydrogen-bond acceptors (Lipinski definition) is 2. The van der Waals surface area contributed by atoms with Gasteiger partial charge < -0.3 is 9.84 Å². The van der Waals surface area contributed by atoms with Crippen LogP contribution in [0.5, 0.6) is 0 Å². The van der Waals surface area contributed by atoms with Crippen LogP contribution in [-0.4, -0.2) is 17.8 Å². The smallest absolute Gasteiger partial charge is 0.162 e. The average molecular weight is 559 g/mol. The molecule has 2 nitrogen and oxygen atoms in total. The molecule has 1 aromatic carbocycles. The second kappa shape index (κ2) is 16.9. The summed E-state index contributed by atoms with van der Waals surface area (Å²) in [6, 6.07) is 3.58. The van der Waals surface area contributed by atoms with Gasteiger partial charge in [-0.25, -0.2) is 13.2 Å². The van der Waals surface area contributed by atoms with Crippen molar-refractivity contribution in [3.8, 4) is 0 Å². The lowest BCUT2D eigenvalue weighted by molar-refractivity contribution is 0.0727. The number of aliphatic hydroxyl groups excluding tert-OH is 1. The summed E-state index contributed by atoms with van der Waals surface area (Å²) < 4.78 is 50.4. The maximum atomic E-state index is 15.1. The number of halogens is 3. The van der Waals surface area contributed by atoms with Crippen molar-refractivity contribution in [2.24, 2.45) is 17.8 Å². The second-order valence-electron chi connectivity index (χ2n) is 11.9. The van der Waals surface area contributed by atoms with Crippen LogP contribution in [0.3, 0.4) is 0 Å². The molecule has 2 aliphatic rings. The Balaban J connectivity index is 1.45. The van der Waals surface area contributed by atoms with Crippen LogP contribution in [-0.2, 0) is 11.2 Å². The maximum absolute atomic E-state index is 15.1. The van der Waals surface area contributed by atoms with Gasteiger partial charge in [0, 0.05) is 12.5 Å². The number of hydrogen-bond donors (Lipinski definition) is 1. The van der Waals surface area contributed by atoms with Gasteiger partial charge in [0.05, 0.1) is 12.7 Å². The molecule has 0 spiro atoms. The zero-order valence-corrected chi connectivity index (χ0v) is 24.4. The predicted octanol–water partition coefficient (Wildman–Crippen LogP) is 10.0. The van der Waals surface area contributed by atoms with E-state index in [1.807, 2.05) is 0 Å². The summed E-state index contributed by atoms with van der Waals surface area (Å²) in [5.74, 6) is -0.0323. The van der Waals surface area contributed by atoms with Gasteiger partial charge in [-0.15, -0.1) is 6.58 Å². The number of ether oxygens (including phenoxy) is 1. The summed E-state index contributed by atoms with van der Waals surface area (Å²) in [5.41, 5.74) is 0.958. The molecule has 2 saturated carbocycles. The predicted molar refractivity (Wildman–Crippen MR) is 159 cm³/mol. The number of aryl methyl sites for hydroxylation is 1. The molecule has 2 aliphatic carbocycles. The van der Waals surface area contributed by atoms with Crippen LogP contribution in [0, 0.1) is 29.4 Å². The fraction of sp³-hybridized carbons (Fsp3) is 0.600. The molecule has 1 unspecified atom stereocenters. The monoisotopic (exact) mass is 558 g/mol. The van der Waals surface area contributed by atoms with Gasteiger partial charge in [0.1, 0.15) is 11.6 Å². The van der Waals surface area contributed by atoms with E-state index in [1.54, 1.807) is 30.4 Å². The van der Waals surface area contributed by atoms with E-state index in [1.165, 1.54) is 6.08 Å². The van der Waals surface area contributed by atoms with E-state index < -0.39 is 11.6 Å². The molecule has 0 saturated heterocycles. The number of allylic oxidation sites excluding steroid dienone is 4. The highest BCUT2D eigenvalue weighted by Crippen LogP contribution is 2.40. The van der Waals surface area contributed by atoms with Gasteiger partial charge in [0.25, 0.3) is 0 Å². The number of aliphatic hydroxyl groups is 1. The molecular formula is C35H49F3O2. The topological polar surface area (TPSA) is 29.5 Å². The SMILES string of the molecule is C=C/C=C(\C=C(\F)CC1CCC(CCc2ccc(C3CCC(C(O)CCC)CC3)c(F)c2F)CC1)OCCC=C. The van der Waals surface area contributed by atoms with Gasteiger partial charge in [0.2, 0.25) is 0 Å². The molecule has 0 bridgehead atoms. The van der Waals surface area contributed by atoms with E-state index >= 15 is 8.78 Å². The van der Waals surface area contributed by atoms with Crippen LogP contribution < -0.4 is 0 Å². The standard InChI is InChI=1S/C35H49F3O2/c1-4-7-22-40-31(8-5-2)24-30(36)23-26-12-10-25(11-13-26)14-15-29-20-21-32(35(38)34(29)37)27-16-18-28(19-17-27)33(39)9-6-3/h4-5,8,20-21,24-28,33,39H,1-2,6-7,9-19,22-23H2,3H3/b30-24+,31-8+. The van der Waals surface area contributed by atoms with E-state index in [0.29, 0.717) is 48.7 Å². The van der Waals surface area contributed by atoms with E-state index in [0.717, 1.165) is 70.6 Å². The minimum Gasteiger partial charge on any atom is -0.493 e. The van der Waals surface area contributed by atoms with Gasteiger partial charge in [-0.3, -0.25) is 0 Å². The zero-order valence-electron chi connectivity index (χ0n) is 24.4. The summed E-state index contributed by atoms with van der Waals surface area (Å²) in [6.07, 6.45) is 17.6. The first-order chi connectivity index (χ1) is 19.4. The van der Waals surface area contributed by atoms with Crippen molar-refractivity contribution in [1.29, 1.82) is 0 Å². The lowest BCUT2D eigenvalue weighted by atomic mass is 9.75. The lowest BCUT2D eigenvalue weighted by Gasteiger charge is -2.32. The van der Waals surface area contributed by atoms with Gasteiger partial charge in [-0.05, 0) is 105 Å². The summed E-state index contributed by atoms with van der Waals surface area (Å²) in [7, 11) is 0. The highest BCUT2D eigenvalue weighted by molar-refractivity contribution is 5.29. The Morgan fingerprint density at radius 3 is 2.38 bits per heavy atom. The normalized spacial score (nSPS) is 24.9. The van der Waals surface area contributed by atoms with Crippen molar-refractivity contribution in [2.45, 2.75) is 109 Å². The van der Waals surface area contributed by atoms with Crippen molar-refractivity contribution in [3.05, 3.63) is 83.9 Å². The molecule has 2 fully saturated rings. The largest absolute Gasteiger partial charge is 0.493 e. The molecule has 1 N–H and O–H groups in total. The minimum absolute atomic E-state index is 0.0281. The zero-order chi connectivity index (χ0) is 28.9. The number of rotatable bonds is 15. The second-order valence-corrected chi connectivity index (χ2v) is 11.9. The van der Waals surface area contributed by atoms with Gasteiger partial charge >= 0.3 is 0 Å². The quantitative estimate of drug-likeness (QED) is 0.100. The third kappa shape index (κ3) is 9.68. The Morgan fingerprint density at radius 2 is 1.73 bits per heavy atom. The van der Waals surface area contributed by atoms with Crippen LogP contribution in [0.15, 0.2) is 61.2 Å². The highest BCUT2D eigenvalue weighted by Gasteiger charge is 2.29. The third-order valence-corrected chi connectivity index (χ3v) is 8.98. The van der Waals surface area contributed by atoms with Crippen LogP contribution in [0.25, 0.3) is 0 Å². The van der Waals surface area contributed by atoms with E-state index in [-0.39, 0.29) is 29.7 Å². The number of benzene rings is 1. The molecule has 0 heterocycles. The van der Waals surface area contributed by atoms with Crippen molar-refractivity contribution < 1.29 is 23.0 Å². The molecule has 1 aromatic rings. The molecule has 1 atom stereocenters. The first-order valence-electron chi connectivity index (χ1n) is 15.4. The Bertz CT molecular complexity index is 998. The van der Waals surface area contributed by atoms with Crippen molar-refractivity contribution >= 4 is 0 Å². The van der Waals surface area contributed by atoms with E-state index in [9.17, 15) is 9.50 Å².